The Morgan fingerprint density at radius 1 is 1.55 bits per heavy atom. The number of rotatable bonds is 0. The lowest BCUT2D eigenvalue weighted by molar-refractivity contribution is -0.670. The van der Waals surface area contributed by atoms with E-state index in [1.165, 1.54) is 4.70 Å². The Morgan fingerprint density at radius 3 is 3.18 bits per heavy atom. The van der Waals surface area contributed by atoms with Crippen molar-refractivity contribution in [1.82, 2.24) is 4.98 Å². The molecule has 0 aliphatic rings. The van der Waals surface area contributed by atoms with Crippen molar-refractivity contribution in [1.29, 1.82) is 0 Å². The SMILES string of the molecule is Cc1nc2cc[n+](C)cc2s1. The van der Waals surface area contributed by atoms with Gasteiger partial charge in [0, 0.05) is 6.07 Å². The van der Waals surface area contributed by atoms with Crippen molar-refractivity contribution in [3.05, 3.63) is 23.5 Å². The Labute approximate surface area is 69.1 Å². The van der Waals surface area contributed by atoms with Gasteiger partial charge >= 0.3 is 0 Å². The van der Waals surface area contributed by atoms with Crippen LogP contribution in [0.1, 0.15) is 5.01 Å². The van der Waals surface area contributed by atoms with Gasteiger partial charge in [0.05, 0.1) is 10.5 Å². The number of aromatic nitrogens is 2. The van der Waals surface area contributed by atoms with Crippen LogP contribution in [0, 0.1) is 6.92 Å². The summed E-state index contributed by atoms with van der Waals surface area (Å²) >= 11 is 1.73. The second-order valence-electron chi connectivity index (χ2n) is 2.59. The Morgan fingerprint density at radius 2 is 2.36 bits per heavy atom. The summed E-state index contributed by atoms with van der Waals surface area (Å²) in [4.78, 5) is 4.36. The highest BCUT2D eigenvalue weighted by molar-refractivity contribution is 7.18. The van der Waals surface area contributed by atoms with Gasteiger partial charge < -0.3 is 0 Å². The van der Waals surface area contributed by atoms with Crippen molar-refractivity contribution < 1.29 is 4.57 Å². The molecule has 0 saturated carbocycles. The van der Waals surface area contributed by atoms with Crippen LogP contribution >= 0.6 is 11.3 Å². The van der Waals surface area contributed by atoms with Crippen LogP contribution in [0.3, 0.4) is 0 Å². The number of thiazole rings is 1. The van der Waals surface area contributed by atoms with E-state index in [2.05, 4.69) is 11.2 Å². The molecular formula is C8H9N2S+. The number of hydrogen-bond donors (Lipinski definition) is 0. The summed E-state index contributed by atoms with van der Waals surface area (Å²) in [6, 6.07) is 2.04. The molecule has 2 heterocycles. The lowest BCUT2D eigenvalue weighted by Crippen LogP contribution is -2.25. The molecule has 2 nitrogen and oxygen atoms in total. The van der Waals surface area contributed by atoms with Gasteiger partial charge in [-0.15, -0.1) is 11.3 Å². The van der Waals surface area contributed by atoms with Gasteiger partial charge in [-0.1, -0.05) is 0 Å². The number of nitrogens with zero attached hydrogens (tertiary/aromatic N) is 2. The highest BCUT2D eigenvalue weighted by atomic mass is 32.1. The van der Waals surface area contributed by atoms with Gasteiger partial charge in [-0.25, -0.2) is 9.55 Å². The highest BCUT2D eigenvalue weighted by Gasteiger charge is 2.02. The maximum Gasteiger partial charge on any atom is 0.188 e. The van der Waals surface area contributed by atoms with Gasteiger partial charge in [0.25, 0.3) is 0 Å². The zero-order chi connectivity index (χ0) is 7.84. The fraction of sp³-hybridized carbons (Fsp3) is 0.250. The summed E-state index contributed by atoms with van der Waals surface area (Å²) in [5, 5.41) is 1.13. The average molecular weight is 165 g/mol. The minimum absolute atomic E-state index is 1.10. The molecule has 56 valence electrons. The largest absolute Gasteiger partial charge is 0.241 e. The molecule has 0 unspecified atom stereocenters. The number of hydrogen-bond acceptors (Lipinski definition) is 2. The molecule has 0 aromatic carbocycles. The molecule has 0 aliphatic heterocycles. The minimum atomic E-state index is 1.10. The highest BCUT2D eigenvalue weighted by Crippen LogP contribution is 2.18. The molecule has 0 N–H and O–H groups in total. The van der Waals surface area contributed by atoms with Crippen molar-refractivity contribution >= 4 is 21.6 Å². The molecule has 0 spiro atoms. The monoisotopic (exact) mass is 165 g/mol. The lowest BCUT2D eigenvalue weighted by atomic mass is 10.4. The lowest BCUT2D eigenvalue weighted by Gasteiger charge is -1.83. The van der Waals surface area contributed by atoms with Gasteiger partial charge in [0.1, 0.15) is 11.7 Å². The van der Waals surface area contributed by atoms with Crippen molar-refractivity contribution in [2.45, 2.75) is 6.92 Å². The number of fused-ring (bicyclic) bond motifs is 1. The van der Waals surface area contributed by atoms with Crippen molar-refractivity contribution in [2.75, 3.05) is 0 Å². The fourth-order valence-corrected chi connectivity index (χ4v) is 1.99. The molecule has 0 bridgehead atoms. The minimum Gasteiger partial charge on any atom is -0.241 e. The first kappa shape index (κ1) is 6.73. The standard InChI is InChI=1S/C8H9N2S/c1-6-9-7-3-4-10(2)5-8(7)11-6/h3-5H,1-2H3/q+1. The second kappa shape index (κ2) is 2.27. The molecule has 0 fully saturated rings. The third-order valence-electron chi connectivity index (χ3n) is 1.58. The summed E-state index contributed by atoms with van der Waals surface area (Å²) in [5.41, 5.74) is 1.10. The topological polar surface area (TPSA) is 16.8 Å². The Kier molecular flexibility index (Phi) is 1.39. The second-order valence-corrected chi connectivity index (χ2v) is 3.83. The molecule has 0 aliphatic carbocycles. The van der Waals surface area contributed by atoms with E-state index in [-0.39, 0.29) is 0 Å². The Bertz CT molecular complexity index is 392. The normalized spacial score (nSPS) is 10.7. The molecule has 2 aromatic heterocycles. The Balaban J connectivity index is 2.82. The first-order valence-corrected chi connectivity index (χ1v) is 4.30. The van der Waals surface area contributed by atoms with Gasteiger partial charge in [0.2, 0.25) is 0 Å². The quantitative estimate of drug-likeness (QED) is 0.540. The summed E-state index contributed by atoms with van der Waals surface area (Å²) in [6.45, 7) is 2.03. The molecule has 3 heteroatoms. The third kappa shape index (κ3) is 1.12. The van der Waals surface area contributed by atoms with Gasteiger partial charge in [-0.05, 0) is 6.92 Å². The van der Waals surface area contributed by atoms with Crippen LogP contribution < -0.4 is 4.57 Å². The van der Waals surface area contributed by atoms with E-state index < -0.39 is 0 Å². The van der Waals surface area contributed by atoms with Crippen LogP contribution in [-0.4, -0.2) is 4.98 Å². The van der Waals surface area contributed by atoms with E-state index in [1.54, 1.807) is 11.3 Å². The summed E-state index contributed by atoms with van der Waals surface area (Å²) in [7, 11) is 2.02. The van der Waals surface area contributed by atoms with Crippen LogP contribution in [-0.2, 0) is 7.05 Å². The van der Waals surface area contributed by atoms with Crippen LogP contribution in [0.5, 0.6) is 0 Å². The Hall–Kier alpha value is -0.960. The van der Waals surface area contributed by atoms with Crippen LogP contribution in [0.25, 0.3) is 10.2 Å². The predicted molar refractivity (Wildman–Crippen MR) is 45.5 cm³/mol. The molecule has 0 radical (unpaired) electrons. The number of pyridine rings is 1. The van der Waals surface area contributed by atoms with E-state index in [0.29, 0.717) is 0 Å². The van der Waals surface area contributed by atoms with Crippen LogP contribution in [0.2, 0.25) is 0 Å². The van der Waals surface area contributed by atoms with E-state index in [1.807, 2.05) is 30.8 Å². The first-order valence-electron chi connectivity index (χ1n) is 3.48. The average Bonchev–Trinajstić information content (AvgIpc) is 2.27. The van der Waals surface area contributed by atoms with Crippen LogP contribution in [0.4, 0.5) is 0 Å². The van der Waals surface area contributed by atoms with Crippen molar-refractivity contribution in [3.63, 3.8) is 0 Å². The summed E-state index contributed by atoms with van der Waals surface area (Å²) in [6.07, 6.45) is 4.11. The summed E-state index contributed by atoms with van der Waals surface area (Å²) < 4.78 is 3.30. The first-order chi connectivity index (χ1) is 5.25. The molecule has 0 saturated heterocycles. The molecule has 0 atom stereocenters. The van der Waals surface area contributed by atoms with Gasteiger partial charge in [-0.2, -0.15) is 0 Å². The maximum absolute atomic E-state index is 4.36. The third-order valence-corrected chi connectivity index (χ3v) is 2.50. The summed E-state index contributed by atoms with van der Waals surface area (Å²) in [5.74, 6) is 0. The van der Waals surface area contributed by atoms with Gasteiger partial charge in [0.15, 0.2) is 12.4 Å². The van der Waals surface area contributed by atoms with E-state index in [9.17, 15) is 0 Å². The smallest absolute Gasteiger partial charge is 0.188 e. The van der Waals surface area contributed by atoms with E-state index in [4.69, 9.17) is 0 Å². The van der Waals surface area contributed by atoms with Crippen molar-refractivity contribution in [2.24, 2.45) is 7.05 Å². The maximum atomic E-state index is 4.36. The zero-order valence-electron chi connectivity index (χ0n) is 6.53. The molecule has 0 amide bonds. The van der Waals surface area contributed by atoms with Gasteiger partial charge in [-0.3, -0.25) is 0 Å². The van der Waals surface area contributed by atoms with Crippen LogP contribution in [0.15, 0.2) is 18.5 Å². The van der Waals surface area contributed by atoms with E-state index in [0.717, 1.165) is 10.5 Å². The molecule has 2 aromatic rings. The zero-order valence-corrected chi connectivity index (χ0v) is 7.35. The van der Waals surface area contributed by atoms with Crippen molar-refractivity contribution in [3.8, 4) is 0 Å². The molecular weight excluding hydrogens is 156 g/mol. The van der Waals surface area contributed by atoms with E-state index >= 15 is 0 Å². The number of aryl methyl sites for hydroxylation is 2. The molecule has 11 heavy (non-hydrogen) atoms. The predicted octanol–water partition coefficient (Wildman–Crippen LogP) is 1.43. The fourth-order valence-electron chi connectivity index (χ4n) is 1.09. The molecule has 2 rings (SSSR count).